The Morgan fingerprint density at radius 3 is 1.26 bits per heavy atom. The van der Waals surface area contributed by atoms with Crippen molar-refractivity contribution in [3.8, 4) is 0 Å². The molecular weight excluding hydrogens is 367 g/mol. The van der Waals surface area contributed by atoms with E-state index in [1.165, 1.54) is 0 Å². The molecule has 2 N–H and O–H groups in total. The van der Waals surface area contributed by atoms with Crippen molar-refractivity contribution in [2.24, 2.45) is 0 Å². The first kappa shape index (κ1) is 24.6. The maximum Gasteiger partial charge on any atom is 3.00 e. The van der Waals surface area contributed by atoms with Crippen LogP contribution in [0.2, 0.25) is 0 Å². The Balaban J connectivity index is 0. The summed E-state index contributed by atoms with van der Waals surface area (Å²) in [6.07, 6.45) is -0.144. The fourth-order valence-electron chi connectivity index (χ4n) is 1.82. The molecule has 0 aliphatic carbocycles. The molecule has 0 saturated carbocycles. The maximum atomic E-state index is 8.92. The predicted octanol–water partition coefficient (Wildman–Crippen LogP) is 2.86. The zero-order chi connectivity index (χ0) is 17.3. The SMILES string of the molecule is Cc1ccc(C)[n-]1.Cc1ccc(C)[n-]1.[CH2-]C(C)(O)CC(C)O.[Zr+3]. The van der Waals surface area contributed by atoms with E-state index in [0.717, 1.165) is 22.8 Å². The zero-order valence-electron chi connectivity index (χ0n) is 15.1. The third kappa shape index (κ3) is 16.0. The van der Waals surface area contributed by atoms with Crippen molar-refractivity contribution in [2.45, 2.75) is 59.7 Å². The van der Waals surface area contributed by atoms with Crippen LogP contribution < -0.4 is 9.97 Å². The van der Waals surface area contributed by atoms with Crippen LogP contribution in [0.5, 0.6) is 0 Å². The van der Waals surface area contributed by atoms with Gasteiger partial charge in [0.2, 0.25) is 0 Å². The van der Waals surface area contributed by atoms with Gasteiger partial charge in [-0.3, -0.25) is 0 Å². The van der Waals surface area contributed by atoms with Crippen LogP contribution in [0.1, 0.15) is 43.0 Å². The van der Waals surface area contributed by atoms with E-state index in [-0.39, 0.29) is 26.2 Å². The van der Waals surface area contributed by atoms with Gasteiger partial charge < -0.3 is 27.1 Å². The molecule has 23 heavy (non-hydrogen) atoms. The number of hydrogen-bond donors (Lipinski definition) is 2. The number of rotatable bonds is 2. The summed E-state index contributed by atoms with van der Waals surface area (Å²) in [6.45, 7) is 14.6. The second-order valence-corrected chi connectivity index (χ2v) is 6.01. The van der Waals surface area contributed by atoms with Gasteiger partial charge in [-0.2, -0.15) is 22.8 Å². The van der Waals surface area contributed by atoms with Crippen molar-refractivity contribution in [3.63, 3.8) is 0 Å². The molecule has 5 heteroatoms. The van der Waals surface area contributed by atoms with Crippen LogP contribution in [0.15, 0.2) is 24.3 Å². The Kier molecular flexibility index (Phi) is 12.7. The standard InChI is InChI=1S/2C6H8N.C6H13O2.Zr/c2*1-5-3-4-6(2)7-5;1-5(7)4-6(2,3)8;/h2*3-4H,1-2H3;5,7-8H,2,4H2,1,3H3;/q3*-1;+3. The molecule has 2 heterocycles. The van der Waals surface area contributed by atoms with Gasteiger partial charge >= 0.3 is 26.2 Å². The summed E-state index contributed by atoms with van der Waals surface area (Å²) in [7, 11) is 0. The number of aliphatic hydroxyl groups excluding tert-OH is 1. The van der Waals surface area contributed by atoms with E-state index < -0.39 is 11.7 Å². The first-order valence-corrected chi connectivity index (χ1v) is 7.39. The van der Waals surface area contributed by atoms with E-state index >= 15 is 0 Å². The van der Waals surface area contributed by atoms with E-state index in [1.54, 1.807) is 13.8 Å². The van der Waals surface area contributed by atoms with Crippen molar-refractivity contribution in [1.82, 2.24) is 9.97 Å². The van der Waals surface area contributed by atoms with Gasteiger partial charge in [0.15, 0.2) is 0 Å². The van der Waals surface area contributed by atoms with Crippen LogP contribution >= 0.6 is 0 Å². The summed E-state index contributed by atoms with van der Waals surface area (Å²) in [4.78, 5) is 8.22. The number of aromatic nitrogens is 2. The molecule has 0 fully saturated rings. The van der Waals surface area contributed by atoms with Crippen molar-refractivity contribution >= 4 is 0 Å². The average molecular weight is 397 g/mol. The van der Waals surface area contributed by atoms with Gasteiger partial charge in [-0.15, -0.1) is 0 Å². The molecule has 0 aliphatic heterocycles. The maximum absolute atomic E-state index is 8.92. The van der Waals surface area contributed by atoms with E-state index in [2.05, 4.69) is 16.9 Å². The first-order valence-electron chi connectivity index (χ1n) is 7.39. The van der Waals surface area contributed by atoms with E-state index in [0.29, 0.717) is 6.42 Å². The normalized spacial score (nSPS) is 13.4. The van der Waals surface area contributed by atoms with Crippen molar-refractivity contribution in [1.29, 1.82) is 0 Å². The zero-order valence-corrected chi connectivity index (χ0v) is 17.5. The van der Waals surface area contributed by atoms with Gasteiger partial charge in [-0.25, -0.2) is 0 Å². The molecule has 127 valence electrons. The van der Waals surface area contributed by atoms with Crippen LogP contribution in [0.25, 0.3) is 0 Å². The minimum Gasteiger partial charge on any atom is -0.665 e. The molecule has 1 radical (unpaired) electrons. The Hall–Kier alpha value is -0.637. The van der Waals surface area contributed by atoms with Crippen LogP contribution in [-0.4, -0.2) is 21.9 Å². The minimum absolute atomic E-state index is 0. The summed E-state index contributed by atoms with van der Waals surface area (Å²) in [6, 6.07) is 8.04. The fraction of sp³-hybridized carbons (Fsp3) is 0.500. The van der Waals surface area contributed by atoms with Crippen LogP contribution in [0, 0.1) is 34.6 Å². The molecule has 2 aromatic rings. The Bertz CT molecular complexity index is 454. The van der Waals surface area contributed by atoms with Gasteiger partial charge in [0.05, 0.1) is 6.10 Å². The number of hydrogen-bond acceptors (Lipinski definition) is 2. The summed E-state index contributed by atoms with van der Waals surface area (Å²) < 4.78 is 0. The van der Waals surface area contributed by atoms with Crippen molar-refractivity contribution < 1.29 is 36.4 Å². The van der Waals surface area contributed by atoms with Crippen molar-refractivity contribution in [3.05, 3.63) is 54.0 Å². The van der Waals surface area contributed by atoms with E-state index in [9.17, 15) is 0 Å². The largest absolute Gasteiger partial charge is 3.00 e. The fourth-order valence-corrected chi connectivity index (χ4v) is 1.82. The third-order valence-corrected chi connectivity index (χ3v) is 2.57. The topological polar surface area (TPSA) is 68.7 Å². The second-order valence-electron chi connectivity index (χ2n) is 6.01. The molecule has 0 aromatic carbocycles. The molecule has 2 unspecified atom stereocenters. The molecule has 2 atom stereocenters. The van der Waals surface area contributed by atoms with Gasteiger partial charge in [0.1, 0.15) is 0 Å². The predicted molar refractivity (Wildman–Crippen MR) is 90.8 cm³/mol. The Labute approximate surface area is 159 Å². The van der Waals surface area contributed by atoms with Gasteiger partial charge in [0, 0.05) is 0 Å². The molecule has 0 bridgehead atoms. The first-order chi connectivity index (χ1) is 9.99. The number of aliphatic hydroxyl groups is 2. The molecule has 4 nitrogen and oxygen atoms in total. The summed E-state index contributed by atoms with van der Waals surface area (Å²) >= 11 is 0. The van der Waals surface area contributed by atoms with Gasteiger partial charge in [-0.05, 0) is 13.3 Å². The molecule has 0 amide bonds. The summed E-state index contributed by atoms with van der Waals surface area (Å²) in [5.41, 5.74) is 3.46. The minimum atomic E-state index is -0.978. The molecular formula is C18H29N2O2Zr. The van der Waals surface area contributed by atoms with Crippen LogP contribution in [-0.2, 0) is 26.2 Å². The molecule has 0 saturated heterocycles. The van der Waals surface area contributed by atoms with Crippen LogP contribution in [0.3, 0.4) is 0 Å². The van der Waals surface area contributed by atoms with Gasteiger partial charge in [0.25, 0.3) is 0 Å². The number of aryl methyl sites for hydroxylation is 4. The van der Waals surface area contributed by atoms with E-state index in [4.69, 9.17) is 10.2 Å². The Morgan fingerprint density at radius 2 is 1.22 bits per heavy atom. The molecule has 0 spiro atoms. The monoisotopic (exact) mass is 395 g/mol. The second kappa shape index (κ2) is 11.8. The third-order valence-electron chi connectivity index (χ3n) is 2.57. The summed E-state index contributed by atoms with van der Waals surface area (Å²) in [5, 5.41) is 17.6. The molecule has 2 aromatic heterocycles. The quantitative estimate of drug-likeness (QED) is 0.766. The van der Waals surface area contributed by atoms with Crippen molar-refractivity contribution in [2.75, 3.05) is 0 Å². The van der Waals surface area contributed by atoms with Gasteiger partial charge in [-0.1, -0.05) is 64.5 Å². The Morgan fingerprint density at radius 1 is 0.957 bits per heavy atom. The van der Waals surface area contributed by atoms with E-state index in [1.807, 2.05) is 52.0 Å². The summed E-state index contributed by atoms with van der Waals surface area (Å²) in [5.74, 6) is 0. The number of nitrogens with zero attached hydrogens (tertiary/aromatic N) is 2. The molecule has 0 aliphatic rings. The molecule has 2 rings (SSSR count). The van der Waals surface area contributed by atoms with Crippen LogP contribution in [0.4, 0.5) is 0 Å². The average Bonchev–Trinajstić information content (AvgIpc) is 2.85. The smallest absolute Gasteiger partial charge is 0.665 e.